The molecule has 3 rings (SSSR count). The third kappa shape index (κ3) is 2.74. The fraction of sp³-hybridized carbons (Fsp3) is 0.333. The summed E-state index contributed by atoms with van der Waals surface area (Å²) in [4.78, 5) is 2.47. The number of para-hydroxylation sites is 2. The van der Waals surface area contributed by atoms with Gasteiger partial charge in [-0.05, 0) is 24.6 Å². The summed E-state index contributed by atoms with van der Waals surface area (Å²) in [6.45, 7) is 5.18. The van der Waals surface area contributed by atoms with Crippen LogP contribution in [0.25, 0.3) is 0 Å². The Hall–Kier alpha value is -2.00. The first kappa shape index (κ1) is 14.0. The smallest absolute Gasteiger partial charge is 0.124 e. The van der Waals surface area contributed by atoms with E-state index in [1.54, 1.807) is 7.11 Å². The minimum Gasteiger partial charge on any atom is -0.496 e. The highest BCUT2D eigenvalue weighted by Gasteiger charge is 2.22. The van der Waals surface area contributed by atoms with Crippen molar-refractivity contribution in [2.75, 3.05) is 25.1 Å². The van der Waals surface area contributed by atoms with Crippen LogP contribution >= 0.6 is 0 Å². The van der Waals surface area contributed by atoms with Gasteiger partial charge in [0, 0.05) is 30.9 Å². The fourth-order valence-corrected chi connectivity index (χ4v) is 3.07. The monoisotopic (exact) mass is 282 g/mol. The van der Waals surface area contributed by atoms with Crippen LogP contribution in [0.1, 0.15) is 24.1 Å². The van der Waals surface area contributed by atoms with Crippen molar-refractivity contribution in [3.05, 3.63) is 59.7 Å². The number of hydrogen-bond donors (Lipinski definition) is 1. The van der Waals surface area contributed by atoms with Gasteiger partial charge in [-0.25, -0.2) is 0 Å². The number of methoxy groups -OCH3 is 1. The van der Waals surface area contributed by atoms with Gasteiger partial charge >= 0.3 is 0 Å². The molecule has 21 heavy (non-hydrogen) atoms. The molecule has 1 N–H and O–H groups in total. The van der Waals surface area contributed by atoms with Gasteiger partial charge in [-0.3, -0.25) is 0 Å². The molecule has 2 aromatic carbocycles. The molecule has 3 nitrogen and oxygen atoms in total. The van der Waals surface area contributed by atoms with Crippen molar-refractivity contribution in [3.8, 4) is 5.75 Å². The molecular weight excluding hydrogens is 260 g/mol. The molecule has 1 atom stereocenters. The number of nitrogens with one attached hydrogen (secondary N) is 1. The largest absolute Gasteiger partial charge is 0.496 e. The van der Waals surface area contributed by atoms with Crippen LogP contribution in [-0.4, -0.2) is 20.2 Å². The molecular formula is C18H22N2O. The minimum absolute atomic E-state index is 0.280. The van der Waals surface area contributed by atoms with Crippen molar-refractivity contribution in [1.29, 1.82) is 0 Å². The zero-order valence-corrected chi connectivity index (χ0v) is 12.7. The summed E-state index contributed by atoms with van der Waals surface area (Å²) in [6.07, 6.45) is 0. The maximum atomic E-state index is 5.53. The summed E-state index contributed by atoms with van der Waals surface area (Å²) in [7, 11) is 1.74. The van der Waals surface area contributed by atoms with Gasteiger partial charge in [0.15, 0.2) is 0 Å². The molecule has 0 aliphatic carbocycles. The highest BCUT2D eigenvalue weighted by molar-refractivity contribution is 5.57. The van der Waals surface area contributed by atoms with Crippen molar-refractivity contribution in [1.82, 2.24) is 5.32 Å². The number of fused-ring (bicyclic) bond motifs is 1. The van der Waals surface area contributed by atoms with Crippen LogP contribution in [0, 0.1) is 0 Å². The topological polar surface area (TPSA) is 24.5 Å². The number of nitrogens with zero attached hydrogens (tertiary/aromatic N) is 1. The number of rotatable bonds is 3. The molecule has 0 saturated heterocycles. The van der Waals surface area contributed by atoms with Gasteiger partial charge in [0.05, 0.1) is 13.2 Å². The van der Waals surface area contributed by atoms with Crippen molar-refractivity contribution in [2.24, 2.45) is 0 Å². The summed E-state index contributed by atoms with van der Waals surface area (Å²) in [5.74, 6) is 0.958. The summed E-state index contributed by atoms with van der Waals surface area (Å²) < 4.78 is 5.53. The van der Waals surface area contributed by atoms with Gasteiger partial charge in [0.25, 0.3) is 0 Å². The molecule has 0 fully saturated rings. The number of ether oxygens (including phenoxy) is 1. The van der Waals surface area contributed by atoms with Crippen LogP contribution in [0.4, 0.5) is 5.69 Å². The number of benzene rings is 2. The van der Waals surface area contributed by atoms with Crippen LogP contribution in [0.3, 0.4) is 0 Å². The number of hydrogen-bond acceptors (Lipinski definition) is 3. The van der Waals surface area contributed by atoms with Crippen LogP contribution < -0.4 is 15.0 Å². The normalized spacial score (nSPS) is 16.0. The Bertz CT molecular complexity index is 612. The lowest BCUT2D eigenvalue weighted by molar-refractivity contribution is 0.405. The van der Waals surface area contributed by atoms with E-state index in [9.17, 15) is 0 Å². The highest BCUT2D eigenvalue weighted by Crippen LogP contribution is 2.34. The lowest BCUT2D eigenvalue weighted by Gasteiger charge is -2.32. The molecule has 2 aromatic rings. The molecule has 0 saturated carbocycles. The zero-order chi connectivity index (χ0) is 14.7. The molecule has 0 bridgehead atoms. The second kappa shape index (κ2) is 6.19. The number of anilines is 1. The van der Waals surface area contributed by atoms with Gasteiger partial charge in [-0.15, -0.1) is 0 Å². The van der Waals surface area contributed by atoms with Gasteiger partial charge in [-0.1, -0.05) is 36.4 Å². The molecule has 110 valence electrons. The second-order valence-corrected chi connectivity index (χ2v) is 5.42. The third-order valence-electron chi connectivity index (χ3n) is 4.20. The average molecular weight is 282 g/mol. The SMILES string of the molecule is COc1ccccc1C(C)N1CCNCc2ccccc21. The minimum atomic E-state index is 0.280. The van der Waals surface area contributed by atoms with Gasteiger partial charge in [0.2, 0.25) is 0 Å². The summed E-state index contributed by atoms with van der Waals surface area (Å²) in [6, 6.07) is 17.2. The first-order chi connectivity index (χ1) is 10.3. The van der Waals surface area contributed by atoms with E-state index in [4.69, 9.17) is 4.74 Å². The molecule has 0 radical (unpaired) electrons. The van der Waals surface area contributed by atoms with Crippen LogP contribution in [0.2, 0.25) is 0 Å². The maximum absolute atomic E-state index is 5.53. The van der Waals surface area contributed by atoms with Crippen LogP contribution in [-0.2, 0) is 6.54 Å². The van der Waals surface area contributed by atoms with E-state index in [2.05, 4.69) is 53.5 Å². The lowest BCUT2D eigenvalue weighted by Crippen LogP contribution is -2.31. The van der Waals surface area contributed by atoms with E-state index in [1.807, 2.05) is 12.1 Å². The van der Waals surface area contributed by atoms with Crippen LogP contribution in [0.5, 0.6) is 5.75 Å². The molecule has 1 aliphatic heterocycles. The highest BCUT2D eigenvalue weighted by atomic mass is 16.5. The molecule has 3 heteroatoms. The molecule has 1 heterocycles. The summed E-state index contributed by atoms with van der Waals surface area (Å²) in [5.41, 5.74) is 3.91. The molecule has 0 spiro atoms. The second-order valence-electron chi connectivity index (χ2n) is 5.42. The average Bonchev–Trinajstić information content (AvgIpc) is 2.76. The molecule has 1 aliphatic rings. The lowest BCUT2D eigenvalue weighted by atomic mass is 10.0. The summed E-state index contributed by atoms with van der Waals surface area (Å²) in [5, 5.41) is 3.50. The van der Waals surface area contributed by atoms with Gasteiger partial charge in [0.1, 0.15) is 5.75 Å². The Balaban J connectivity index is 1.99. The van der Waals surface area contributed by atoms with Crippen molar-refractivity contribution in [2.45, 2.75) is 19.5 Å². The van der Waals surface area contributed by atoms with Gasteiger partial charge in [-0.2, -0.15) is 0 Å². The Morgan fingerprint density at radius 1 is 1.10 bits per heavy atom. The first-order valence-electron chi connectivity index (χ1n) is 7.49. The van der Waals surface area contributed by atoms with Crippen molar-refractivity contribution >= 4 is 5.69 Å². The molecule has 1 unspecified atom stereocenters. The Kier molecular flexibility index (Phi) is 4.11. The maximum Gasteiger partial charge on any atom is 0.124 e. The zero-order valence-electron chi connectivity index (χ0n) is 12.7. The quantitative estimate of drug-likeness (QED) is 0.934. The van der Waals surface area contributed by atoms with E-state index >= 15 is 0 Å². The van der Waals surface area contributed by atoms with Gasteiger partial charge < -0.3 is 15.0 Å². The van der Waals surface area contributed by atoms with E-state index in [-0.39, 0.29) is 6.04 Å². The Morgan fingerprint density at radius 3 is 2.71 bits per heavy atom. The Morgan fingerprint density at radius 2 is 1.86 bits per heavy atom. The third-order valence-corrected chi connectivity index (χ3v) is 4.20. The molecule has 0 aromatic heterocycles. The van der Waals surface area contributed by atoms with Crippen LogP contribution in [0.15, 0.2) is 48.5 Å². The van der Waals surface area contributed by atoms with Crippen molar-refractivity contribution < 1.29 is 4.74 Å². The predicted molar refractivity (Wildman–Crippen MR) is 86.9 cm³/mol. The standard InChI is InChI=1S/C18H22N2O/c1-14(16-8-4-6-10-18(16)21-2)20-12-11-19-13-15-7-3-5-9-17(15)20/h3-10,14,19H,11-13H2,1-2H3. The van der Waals surface area contributed by atoms with E-state index in [0.29, 0.717) is 0 Å². The summed E-state index contributed by atoms with van der Waals surface area (Å²) >= 11 is 0. The van der Waals surface area contributed by atoms with E-state index < -0.39 is 0 Å². The first-order valence-corrected chi connectivity index (χ1v) is 7.49. The van der Waals surface area contributed by atoms with Crippen molar-refractivity contribution in [3.63, 3.8) is 0 Å². The predicted octanol–water partition coefficient (Wildman–Crippen LogP) is 3.37. The Labute approximate surface area is 126 Å². The van der Waals surface area contributed by atoms with E-state index in [1.165, 1.54) is 16.8 Å². The fourth-order valence-electron chi connectivity index (χ4n) is 3.07. The molecule has 0 amide bonds. The van der Waals surface area contributed by atoms with E-state index in [0.717, 1.165) is 25.4 Å².